The third kappa shape index (κ3) is 3.58. The maximum Gasteiger partial charge on any atom is 0.228 e. The van der Waals surface area contributed by atoms with E-state index in [9.17, 15) is 4.79 Å². The zero-order valence-electron chi connectivity index (χ0n) is 12.1. The Labute approximate surface area is 129 Å². The number of hydrogen-bond donors (Lipinski definition) is 1. The summed E-state index contributed by atoms with van der Waals surface area (Å²) >= 11 is 0. The molecule has 0 unspecified atom stereocenters. The smallest absolute Gasteiger partial charge is 0.228 e. The number of carbonyl (C=O) groups is 1. The number of nitrogens with zero attached hydrogens (tertiary/aromatic N) is 1. The van der Waals surface area contributed by atoms with Crippen LogP contribution in [0.25, 0.3) is 11.1 Å². The van der Waals surface area contributed by atoms with Crippen molar-refractivity contribution in [3.8, 4) is 11.1 Å². The second-order valence-electron chi connectivity index (χ2n) is 5.02. The van der Waals surface area contributed by atoms with Crippen LogP contribution >= 0.6 is 0 Å². The fraction of sp³-hybridized carbons (Fsp3) is 0.0526. The van der Waals surface area contributed by atoms with Crippen LogP contribution in [0.15, 0.2) is 79.1 Å². The lowest BCUT2D eigenvalue weighted by atomic mass is 10.1. The number of rotatable bonds is 4. The molecule has 3 aromatic rings. The molecule has 0 saturated carbocycles. The van der Waals surface area contributed by atoms with E-state index in [1.807, 2.05) is 54.6 Å². The molecule has 0 atom stereocenters. The minimum atomic E-state index is -0.0290. The summed E-state index contributed by atoms with van der Waals surface area (Å²) in [6, 6.07) is 21.7. The molecule has 0 aliphatic heterocycles. The molecule has 1 N–H and O–H groups in total. The Bertz CT molecular complexity index is 737. The van der Waals surface area contributed by atoms with Gasteiger partial charge in [-0.2, -0.15) is 0 Å². The summed E-state index contributed by atoms with van der Waals surface area (Å²) in [5.74, 6) is -0.0290. The van der Waals surface area contributed by atoms with Gasteiger partial charge < -0.3 is 5.32 Å². The number of benzene rings is 2. The number of pyridine rings is 1. The van der Waals surface area contributed by atoms with E-state index in [0.717, 1.165) is 22.4 Å². The monoisotopic (exact) mass is 288 g/mol. The van der Waals surface area contributed by atoms with Crippen molar-refractivity contribution in [2.45, 2.75) is 6.42 Å². The van der Waals surface area contributed by atoms with E-state index in [1.165, 1.54) is 0 Å². The first-order valence-corrected chi connectivity index (χ1v) is 7.15. The largest absolute Gasteiger partial charge is 0.326 e. The molecule has 1 heterocycles. The van der Waals surface area contributed by atoms with Gasteiger partial charge in [0, 0.05) is 18.1 Å². The van der Waals surface area contributed by atoms with E-state index in [-0.39, 0.29) is 5.91 Å². The summed E-state index contributed by atoms with van der Waals surface area (Å²) in [5.41, 5.74) is 4.05. The van der Waals surface area contributed by atoms with Crippen LogP contribution in [0.4, 0.5) is 5.69 Å². The van der Waals surface area contributed by atoms with Gasteiger partial charge in [-0.25, -0.2) is 0 Å². The van der Waals surface area contributed by atoms with Gasteiger partial charge in [-0.15, -0.1) is 0 Å². The van der Waals surface area contributed by atoms with Crippen molar-refractivity contribution in [1.82, 2.24) is 4.98 Å². The average molecular weight is 288 g/mol. The van der Waals surface area contributed by atoms with Gasteiger partial charge in [0.15, 0.2) is 0 Å². The topological polar surface area (TPSA) is 42.0 Å². The molecule has 0 spiro atoms. The van der Waals surface area contributed by atoms with Crippen LogP contribution in [-0.2, 0) is 11.2 Å². The van der Waals surface area contributed by atoms with Crippen LogP contribution in [0.5, 0.6) is 0 Å². The van der Waals surface area contributed by atoms with Gasteiger partial charge in [-0.3, -0.25) is 9.78 Å². The van der Waals surface area contributed by atoms with Crippen molar-refractivity contribution in [2.24, 2.45) is 0 Å². The van der Waals surface area contributed by atoms with Crippen LogP contribution in [-0.4, -0.2) is 10.9 Å². The molecule has 22 heavy (non-hydrogen) atoms. The molecule has 108 valence electrons. The highest BCUT2D eigenvalue weighted by Gasteiger charge is 2.04. The van der Waals surface area contributed by atoms with Crippen molar-refractivity contribution < 1.29 is 4.79 Å². The fourth-order valence-corrected chi connectivity index (χ4v) is 2.27. The number of nitrogens with one attached hydrogen (secondary N) is 1. The Balaban J connectivity index is 1.65. The van der Waals surface area contributed by atoms with Gasteiger partial charge in [0.2, 0.25) is 5.91 Å². The van der Waals surface area contributed by atoms with E-state index >= 15 is 0 Å². The van der Waals surface area contributed by atoms with Crippen molar-refractivity contribution in [1.29, 1.82) is 0 Å². The summed E-state index contributed by atoms with van der Waals surface area (Å²) in [6.45, 7) is 0. The van der Waals surface area contributed by atoms with E-state index in [2.05, 4.69) is 22.4 Å². The molecule has 3 nitrogen and oxygen atoms in total. The standard InChI is InChI=1S/C19H16N2O/c22-19(14-15-10-12-20-13-11-15)21-18-8-6-17(7-9-18)16-4-2-1-3-5-16/h1-13H,14H2,(H,21,22). The molecule has 0 bridgehead atoms. The summed E-state index contributed by atoms with van der Waals surface area (Å²) in [6.07, 6.45) is 3.73. The van der Waals surface area contributed by atoms with Crippen LogP contribution in [0.1, 0.15) is 5.56 Å². The number of aromatic nitrogens is 1. The predicted molar refractivity (Wildman–Crippen MR) is 88.4 cm³/mol. The van der Waals surface area contributed by atoms with Crippen molar-refractivity contribution in [3.05, 3.63) is 84.7 Å². The zero-order chi connectivity index (χ0) is 15.2. The third-order valence-electron chi connectivity index (χ3n) is 3.39. The lowest BCUT2D eigenvalue weighted by molar-refractivity contribution is -0.115. The fourth-order valence-electron chi connectivity index (χ4n) is 2.27. The second-order valence-corrected chi connectivity index (χ2v) is 5.02. The first-order valence-electron chi connectivity index (χ1n) is 7.15. The number of carbonyl (C=O) groups excluding carboxylic acids is 1. The quantitative estimate of drug-likeness (QED) is 0.790. The number of anilines is 1. The summed E-state index contributed by atoms with van der Waals surface area (Å²) in [5, 5.41) is 2.91. The molecule has 3 heteroatoms. The molecular weight excluding hydrogens is 272 g/mol. The molecule has 0 aliphatic carbocycles. The van der Waals surface area contributed by atoms with Gasteiger partial charge in [0.05, 0.1) is 6.42 Å². The lowest BCUT2D eigenvalue weighted by Crippen LogP contribution is -2.14. The van der Waals surface area contributed by atoms with Crippen LogP contribution in [0.3, 0.4) is 0 Å². The van der Waals surface area contributed by atoms with E-state index in [0.29, 0.717) is 6.42 Å². The van der Waals surface area contributed by atoms with Gasteiger partial charge in [-0.1, -0.05) is 42.5 Å². The zero-order valence-corrected chi connectivity index (χ0v) is 12.1. The number of amides is 1. The van der Waals surface area contributed by atoms with Crippen LogP contribution < -0.4 is 5.32 Å². The Morgan fingerprint density at radius 1 is 0.818 bits per heavy atom. The average Bonchev–Trinajstić information content (AvgIpc) is 2.57. The molecule has 0 fully saturated rings. The molecule has 0 radical (unpaired) electrons. The van der Waals surface area contributed by atoms with Crippen molar-refractivity contribution in [2.75, 3.05) is 5.32 Å². The van der Waals surface area contributed by atoms with E-state index in [1.54, 1.807) is 12.4 Å². The highest BCUT2D eigenvalue weighted by molar-refractivity contribution is 5.92. The van der Waals surface area contributed by atoms with Crippen molar-refractivity contribution >= 4 is 11.6 Å². The van der Waals surface area contributed by atoms with Crippen LogP contribution in [0, 0.1) is 0 Å². The Kier molecular flexibility index (Phi) is 4.25. The van der Waals surface area contributed by atoms with Crippen LogP contribution in [0.2, 0.25) is 0 Å². The Hall–Kier alpha value is -2.94. The van der Waals surface area contributed by atoms with Crippen molar-refractivity contribution in [3.63, 3.8) is 0 Å². The highest BCUT2D eigenvalue weighted by Crippen LogP contribution is 2.21. The maximum absolute atomic E-state index is 12.0. The van der Waals surface area contributed by atoms with Gasteiger partial charge in [0.25, 0.3) is 0 Å². The Morgan fingerprint density at radius 2 is 1.45 bits per heavy atom. The maximum atomic E-state index is 12.0. The SMILES string of the molecule is O=C(Cc1ccncc1)Nc1ccc(-c2ccccc2)cc1. The third-order valence-corrected chi connectivity index (χ3v) is 3.39. The van der Waals surface area contributed by atoms with Gasteiger partial charge in [0.1, 0.15) is 0 Å². The summed E-state index contributed by atoms with van der Waals surface area (Å²) in [4.78, 5) is 15.9. The molecule has 2 aromatic carbocycles. The molecular formula is C19H16N2O. The number of hydrogen-bond acceptors (Lipinski definition) is 2. The normalized spacial score (nSPS) is 10.2. The highest BCUT2D eigenvalue weighted by atomic mass is 16.1. The first kappa shape index (κ1) is 14.0. The van der Waals surface area contributed by atoms with E-state index in [4.69, 9.17) is 0 Å². The van der Waals surface area contributed by atoms with E-state index < -0.39 is 0 Å². The molecule has 0 saturated heterocycles. The predicted octanol–water partition coefficient (Wildman–Crippen LogP) is 3.93. The molecule has 3 rings (SSSR count). The Morgan fingerprint density at radius 3 is 2.14 bits per heavy atom. The molecule has 1 aromatic heterocycles. The van der Waals surface area contributed by atoms with Gasteiger partial charge >= 0.3 is 0 Å². The minimum Gasteiger partial charge on any atom is -0.326 e. The lowest BCUT2D eigenvalue weighted by Gasteiger charge is -2.07. The van der Waals surface area contributed by atoms with Gasteiger partial charge in [-0.05, 0) is 41.0 Å². The molecule has 0 aliphatic rings. The summed E-state index contributed by atoms with van der Waals surface area (Å²) in [7, 11) is 0. The minimum absolute atomic E-state index is 0.0290. The second kappa shape index (κ2) is 6.68. The first-order chi connectivity index (χ1) is 10.8. The summed E-state index contributed by atoms with van der Waals surface area (Å²) < 4.78 is 0. The molecule has 1 amide bonds.